The number of carbonyl (C=O) groups is 1. The summed E-state index contributed by atoms with van der Waals surface area (Å²) in [4.78, 5) is 26.5. The van der Waals surface area contributed by atoms with Crippen molar-refractivity contribution in [2.24, 2.45) is 0 Å². The minimum absolute atomic E-state index is 0.168. The molecule has 1 heterocycles. The van der Waals surface area contributed by atoms with Gasteiger partial charge in [0.1, 0.15) is 10.7 Å². The molecule has 16 heavy (non-hydrogen) atoms. The van der Waals surface area contributed by atoms with Crippen LogP contribution >= 0.6 is 15.9 Å². The molecule has 5 nitrogen and oxygen atoms in total. The van der Waals surface area contributed by atoms with E-state index in [0.29, 0.717) is 11.5 Å². The molecular weight excluding hydrogens is 276 g/mol. The van der Waals surface area contributed by atoms with Crippen molar-refractivity contribution in [3.05, 3.63) is 27.9 Å². The molecule has 0 spiro atoms. The zero-order chi connectivity index (χ0) is 12.3. The van der Waals surface area contributed by atoms with Crippen LogP contribution in [0.25, 0.3) is 0 Å². The monoisotopic (exact) mass is 288 g/mol. The van der Waals surface area contributed by atoms with Crippen molar-refractivity contribution >= 4 is 21.9 Å². The summed E-state index contributed by atoms with van der Waals surface area (Å²) in [7, 11) is 1.31. The molecule has 1 aromatic rings. The predicted octanol–water partition coefficient (Wildman–Crippen LogP) is 0.797. The summed E-state index contributed by atoms with van der Waals surface area (Å²) < 4.78 is 6.00. The third-order valence-electron chi connectivity index (χ3n) is 2.13. The van der Waals surface area contributed by atoms with Gasteiger partial charge in [-0.15, -0.1) is 0 Å². The van der Waals surface area contributed by atoms with Gasteiger partial charge < -0.3 is 4.74 Å². The van der Waals surface area contributed by atoms with Gasteiger partial charge in [-0.25, -0.2) is 4.98 Å². The van der Waals surface area contributed by atoms with Crippen LogP contribution in [0.2, 0.25) is 0 Å². The van der Waals surface area contributed by atoms with Crippen LogP contribution in [-0.4, -0.2) is 27.5 Å². The number of hydrogen-bond donors (Lipinski definition) is 0. The lowest BCUT2D eigenvalue weighted by Gasteiger charge is -2.12. The fourth-order valence-electron chi connectivity index (χ4n) is 1.35. The molecule has 1 atom stereocenters. The van der Waals surface area contributed by atoms with Crippen LogP contribution in [0.4, 0.5) is 0 Å². The summed E-state index contributed by atoms with van der Waals surface area (Å²) in [5.74, 6) is 0.172. The van der Waals surface area contributed by atoms with Gasteiger partial charge >= 0.3 is 5.97 Å². The molecule has 0 saturated heterocycles. The van der Waals surface area contributed by atoms with Crippen molar-refractivity contribution in [1.82, 2.24) is 9.55 Å². The summed E-state index contributed by atoms with van der Waals surface area (Å²) in [6.45, 7) is 3.70. The van der Waals surface area contributed by atoms with Gasteiger partial charge in [0.15, 0.2) is 0 Å². The van der Waals surface area contributed by atoms with Crippen LogP contribution in [0.15, 0.2) is 10.9 Å². The maximum Gasteiger partial charge on any atom is 0.321 e. The Balaban J connectivity index is 2.98. The highest BCUT2D eigenvalue weighted by atomic mass is 79.9. The molecule has 0 aromatic carbocycles. The maximum atomic E-state index is 11.7. The molecule has 0 saturated carbocycles. The van der Waals surface area contributed by atoms with Crippen molar-refractivity contribution < 1.29 is 9.53 Å². The first kappa shape index (κ1) is 12.9. The molecular formula is C10H13BrN2O3. The van der Waals surface area contributed by atoms with E-state index < -0.39 is 10.8 Å². The van der Waals surface area contributed by atoms with E-state index in [2.05, 4.69) is 25.7 Å². The number of hydrogen-bond acceptors (Lipinski definition) is 4. The van der Waals surface area contributed by atoms with E-state index in [0.717, 1.165) is 0 Å². The number of aryl methyl sites for hydroxylation is 2. The Kier molecular flexibility index (Phi) is 4.23. The van der Waals surface area contributed by atoms with Crippen molar-refractivity contribution in [2.45, 2.75) is 25.2 Å². The second kappa shape index (κ2) is 5.25. The minimum atomic E-state index is -0.543. The zero-order valence-corrected chi connectivity index (χ0v) is 10.9. The normalized spacial score (nSPS) is 12.2. The number of carbonyl (C=O) groups excluding carboxylic acids is 1. The molecule has 0 N–H and O–H groups in total. The van der Waals surface area contributed by atoms with Gasteiger partial charge in [-0.05, 0) is 13.8 Å². The Morgan fingerprint density at radius 3 is 2.75 bits per heavy atom. The molecule has 0 aliphatic carbocycles. The SMILES string of the molecule is COC(=O)C(Br)Cn1c(C)nc(C)cc1=O. The largest absolute Gasteiger partial charge is 0.468 e. The van der Waals surface area contributed by atoms with Crippen LogP contribution in [0.3, 0.4) is 0 Å². The second-order valence-corrected chi connectivity index (χ2v) is 4.49. The molecule has 1 rings (SSSR count). The lowest BCUT2D eigenvalue weighted by Crippen LogP contribution is -2.30. The lowest BCUT2D eigenvalue weighted by atomic mass is 10.3. The van der Waals surface area contributed by atoms with Gasteiger partial charge in [0.2, 0.25) is 0 Å². The van der Waals surface area contributed by atoms with Gasteiger partial charge in [0.05, 0.1) is 13.7 Å². The maximum absolute atomic E-state index is 11.7. The summed E-state index contributed by atoms with van der Waals surface area (Å²) in [6, 6.07) is 1.43. The number of alkyl halides is 1. The Labute approximate surface area is 102 Å². The molecule has 0 fully saturated rings. The van der Waals surface area contributed by atoms with E-state index in [4.69, 9.17) is 0 Å². The van der Waals surface area contributed by atoms with Gasteiger partial charge in [-0.1, -0.05) is 15.9 Å². The molecule has 0 aliphatic heterocycles. The molecule has 0 bridgehead atoms. The van der Waals surface area contributed by atoms with E-state index in [9.17, 15) is 9.59 Å². The standard InChI is InChI=1S/C10H13BrN2O3/c1-6-4-9(14)13(7(2)12-6)5-8(11)10(15)16-3/h4,8H,5H2,1-3H3. The van der Waals surface area contributed by atoms with Crippen molar-refractivity contribution in [3.63, 3.8) is 0 Å². The first-order chi connectivity index (χ1) is 7.45. The molecule has 1 aromatic heterocycles. The second-order valence-electron chi connectivity index (χ2n) is 3.38. The number of ether oxygens (including phenoxy) is 1. The quantitative estimate of drug-likeness (QED) is 0.610. The third-order valence-corrected chi connectivity index (χ3v) is 2.79. The first-order valence-electron chi connectivity index (χ1n) is 4.72. The predicted molar refractivity (Wildman–Crippen MR) is 62.7 cm³/mol. The lowest BCUT2D eigenvalue weighted by molar-refractivity contribution is -0.140. The van der Waals surface area contributed by atoms with Crippen LogP contribution < -0.4 is 5.56 Å². The number of aromatic nitrogens is 2. The highest BCUT2D eigenvalue weighted by Crippen LogP contribution is 2.05. The van der Waals surface area contributed by atoms with Gasteiger partial charge in [-0.2, -0.15) is 0 Å². The van der Waals surface area contributed by atoms with Crippen LogP contribution in [-0.2, 0) is 16.1 Å². The van der Waals surface area contributed by atoms with Crippen molar-refractivity contribution in [2.75, 3.05) is 7.11 Å². The van der Waals surface area contributed by atoms with Gasteiger partial charge in [0, 0.05) is 11.8 Å². The van der Waals surface area contributed by atoms with E-state index in [1.54, 1.807) is 13.8 Å². The third kappa shape index (κ3) is 2.91. The average molecular weight is 289 g/mol. The van der Waals surface area contributed by atoms with E-state index in [-0.39, 0.29) is 12.1 Å². The number of halogens is 1. The Hall–Kier alpha value is -1.17. The molecule has 1 unspecified atom stereocenters. The van der Waals surface area contributed by atoms with Crippen molar-refractivity contribution in [3.8, 4) is 0 Å². The Morgan fingerprint density at radius 1 is 1.62 bits per heavy atom. The fraction of sp³-hybridized carbons (Fsp3) is 0.500. The van der Waals surface area contributed by atoms with E-state index >= 15 is 0 Å². The molecule has 0 amide bonds. The highest BCUT2D eigenvalue weighted by molar-refractivity contribution is 9.10. The molecule has 0 radical (unpaired) electrons. The Morgan fingerprint density at radius 2 is 2.25 bits per heavy atom. The Bertz CT molecular complexity index is 456. The summed E-state index contributed by atoms with van der Waals surface area (Å²) >= 11 is 3.16. The van der Waals surface area contributed by atoms with Crippen LogP contribution in [0.1, 0.15) is 11.5 Å². The fourth-order valence-corrected chi connectivity index (χ4v) is 1.83. The van der Waals surface area contributed by atoms with Crippen molar-refractivity contribution in [1.29, 1.82) is 0 Å². The smallest absolute Gasteiger partial charge is 0.321 e. The van der Waals surface area contributed by atoms with Crippen LogP contribution in [0, 0.1) is 13.8 Å². The van der Waals surface area contributed by atoms with E-state index in [1.165, 1.54) is 17.7 Å². The van der Waals surface area contributed by atoms with Gasteiger partial charge in [-0.3, -0.25) is 14.2 Å². The molecule has 6 heteroatoms. The summed E-state index contributed by atoms with van der Waals surface area (Å²) in [6.07, 6.45) is 0. The number of esters is 1. The average Bonchev–Trinajstić information content (AvgIpc) is 2.21. The first-order valence-corrected chi connectivity index (χ1v) is 5.64. The number of rotatable bonds is 3. The molecule has 0 aliphatic rings. The van der Waals surface area contributed by atoms with E-state index in [1.807, 2.05) is 0 Å². The minimum Gasteiger partial charge on any atom is -0.468 e. The highest BCUT2D eigenvalue weighted by Gasteiger charge is 2.17. The van der Waals surface area contributed by atoms with Crippen LogP contribution in [0.5, 0.6) is 0 Å². The number of methoxy groups -OCH3 is 1. The van der Waals surface area contributed by atoms with Gasteiger partial charge in [0.25, 0.3) is 5.56 Å². The number of nitrogens with zero attached hydrogens (tertiary/aromatic N) is 2. The zero-order valence-electron chi connectivity index (χ0n) is 9.36. The summed E-state index contributed by atoms with van der Waals surface area (Å²) in [5.41, 5.74) is 0.501. The summed E-state index contributed by atoms with van der Waals surface area (Å²) in [5, 5.41) is 0. The topological polar surface area (TPSA) is 61.2 Å². The molecule has 88 valence electrons.